The molecule has 1 unspecified atom stereocenters. The van der Waals surface area contributed by atoms with Crippen LogP contribution in [-0.2, 0) is 14.3 Å². The lowest BCUT2D eigenvalue weighted by Gasteiger charge is -2.40. The van der Waals surface area contributed by atoms with Gasteiger partial charge in [-0.1, -0.05) is 68.5 Å². The van der Waals surface area contributed by atoms with Gasteiger partial charge in [-0.3, -0.25) is 4.79 Å². The Morgan fingerprint density at radius 2 is 2.05 bits per heavy atom. The second kappa shape index (κ2) is 14.3. The van der Waals surface area contributed by atoms with E-state index in [1.165, 1.54) is 12.1 Å². The molecule has 1 amide bonds. The Kier molecular flexibility index (Phi) is 11.1. The van der Waals surface area contributed by atoms with Crippen LogP contribution in [0.1, 0.15) is 65.9 Å². The Bertz CT molecular complexity index is 1110. The predicted molar refractivity (Wildman–Crippen MR) is 154 cm³/mol. The fourth-order valence-corrected chi connectivity index (χ4v) is 5.95. The summed E-state index contributed by atoms with van der Waals surface area (Å²) in [4.78, 5) is 24.7. The van der Waals surface area contributed by atoms with E-state index in [-0.39, 0.29) is 53.7 Å². The van der Waals surface area contributed by atoms with Gasteiger partial charge in [0.1, 0.15) is 11.9 Å². The summed E-state index contributed by atoms with van der Waals surface area (Å²) in [6.45, 7) is 14.4. The maximum Gasteiger partial charge on any atom is 0.407 e. The lowest BCUT2D eigenvalue weighted by molar-refractivity contribution is -0.144. The van der Waals surface area contributed by atoms with Crippen molar-refractivity contribution >= 4 is 17.6 Å². The van der Waals surface area contributed by atoms with Crippen molar-refractivity contribution in [3.05, 3.63) is 78.2 Å². The van der Waals surface area contributed by atoms with Crippen LogP contribution >= 0.6 is 0 Å². The third-order valence-electron chi connectivity index (χ3n) is 8.42. The Balaban J connectivity index is 1.73. The number of hydrogen-bond acceptors (Lipinski definition) is 4. The maximum atomic E-state index is 13.7. The Labute approximate surface area is 233 Å². The topological polar surface area (TPSA) is 64.6 Å². The fraction of sp³-hybridized carbons (Fsp3) is 0.515. The molecule has 2 fully saturated rings. The van der Waals surface area contributed by atoms with Crippen LogP contribution in [0.3, 0.4) is 0 Å². The molecule has 212 valence electrons. The fourth-order valence-electron chi connectivity index (χ4n) is 5.95. The minimum Gasteiger partial charge on any atom is -0.462 e. The van der Waals surface area contributed by atoms with Gasteiger partial charge in [-0.2, -0.15) is 0 Å². The van der Waals surface area contributed by atoms with Crippen LogP contribution in [0, 0.1) is 35.4 Å². The zero-order chi connectivity index (χ0) is 28.5. The zero-order valence-electron chi connectivity index (χ0n) is 24.0. The first kappa shape index (κ1) is 30.4. The first-order valence-corrected chi connectivity index (χ1v) is 14.2. The molecule has 0 aromatic heterocycles. The van der Waals surface area contributed by atoms with Gasteiger partial charge >= 0.3 is 12.1 Å². The van der Waals surface area contributed by atoms with Crippen LogP contribution in [0.2, 0.25) is 0 Å². The number of halogens is 1. The van der Waals surface area contributed by atoms with Crippen LogP contribution in [0.25, 0.3) is 5.57 Å². The number of amides is 1. The van der Waals surface area contributed by atoms with E-state index in [1.807, 2.05) is 32.1 Å². The number of benzene rings is 1. The first-order valence-electron chi connectivity index (χ1n) is 14.2. The molecule has 1 N–H and O–H groups in total. The molecule has 0 radical (unpaired) electrons. The van der Waals surface area contributed by atoms with Crippen molar-refractivity contribution in [2.45, 2.75) is 72.4 Å². The van der Waals surface area contributed by atoms with Crippen molar-refractivity contribution in [2.24, 2.45) is 29.6 Å². The van der Waals surface area contributed by atoms with Gasteiger partial charge in [0, 0.05) is 12.0 Å². The highest BCUT2D eigenvalue weighted by molar-refractivity contribution is 5.75. The smallest absolute Gasteiger partial charge is 0.407 e. The normalized spacial score (nSPS) is 28.7. The molecule has 1 saturated carbocycles. The van der Waals surface area contributed by atoms with Gasteiger partial charge in [0.15, 0.2) is 0 Å². The molecular formula is C33H44FNO4. The minimum atomic E-state index is -0.374. The molecule has 1 aromatic rings. The highest BCUT2D eigenvalue weighted by Crippen LogP contribution is 2.43. The van der Waals surface area contributed by atoms with E-state index in [1.54, 1.807) is 19.1 Å². The Hall–Kier alpha value is -3.15. The van der Waals surface area contributed by atoms with Crippen LogP contribution in [0.15, 0.2) is 66.8 Å². The number of allylic oxidation sites excluding steroid dienone is 7. The summed E-state index contributed by atoms with van der Waals surface area (Å²) in [5.74, 6) is 0.647. The second-order valence-corrected chi connectivity index (χ2v) is 11.1. The minimum absolute atomic E-state index is 0.0403. The molecule has 7 atom stereocenters. The van der Waals surface area contributed by atoms with Crippen molar-refractivity contribution in [3.8, 4) is 0 Å². The molecule has 3 rings (SSSR count). The molecule has 1 heterocycles. The van der Waals surface area contributed by atoms with Crippen molar-refractivity contribution < 1.29 is 23.5 Å². The van der Waals surface area contributed by atoms with Gasteiger partial charge in [-0.25, -0.2) is 9.18 Å². The molecule has 1 aliphatic carbocycles. The highest BCUT2D eigenvalue weighted by Gasteiger charge is 2.43. The summed E-state index contributed by atoms with van der Waals surface area (Å²) < 4.78 is 24.3. The number of esters is 1. The molecule has 39 heavy (non-hydrogen) atoms. The Morgan fingerprint density at radius 3 is 2.69 bits per heavy atom. The SMILES string of the molecule is C=C\C(=C/C=C(C)/C=C/[C@H](C)[C@@H]1CC[C@@H](NC(=O)OCC)C[C@@H]1C[C@H]1C(=O)O[C@@H](C)C1C)c1cccc(F)c1. The standard InChI is InChI=1S/C33H44FNO4/c1-7-25(26-10-9-11-28(34)18-26)15-13-21(3)12-14-22(4)30-17-16-29(35-33(37)38-8-2)19-27(30)20-31-23(5)24(6)39-32(31)36/h7,9-15,18,22-24,27,29-31H,1,8,16-17,19-20H2,2-6H3,(H,35,37)/b14-12+,21-13+,25-15+/t22-,23?,24-,27+,29+,30-,31+/m0/s1. The number of nitrogens with one attached hydrogen (secondary N) is 1. The molecular weight excluding hydrogens is 493 g/mol. The number of cyclic esters (lactones) is 1. The number of alkyl carbamates (subject to hydrolysis) is 1. The highest BCUT2D eigenvalue weighted by atomic mass is 19.1. The monoisotopic (exact) mass is 537 g/mol. The lowest BCUT2D eigenvalue weighted by atomic mass is 9.67. The largest absolute Gasteiger partial charge is 0.462 e. The molecule has 2 aliphatic rings. The first-order chi connectivity index (χ1) is 18.6. The van der Waals surface area contributed by atoms with Crippen LogP contribution in [0.5, 0.6) is 0 Å². The van der Waals surface area contributed by atoms with E-state index >= 15 is 0 Å². The van der Waals surface area contributed by atoms with E-state index in [0.29, 0.717) is 12.5 Å². The number of carbonyl (C=O) groups excluding carboxylic acids is 2. The average Bonchev–Trinajstić information content (AvgIpc) is 3.13. The van der Waals surface area contributed by atoms with Gasteiger partial charge in [0.2, 0.25) is 0 Å². The summed E-state index contributed by atoms with van der Waals surface area (Å²) in [6.07, 6.45) is 13.1. The van der Waals surface area contributed by atoms with Crippen molar-refractivity contribution in [1.82, 2.24) is 5.32 Å². The number of hydrogen-bond donors (Lipinski definition) is 1. The summed E-state index contributed by atoms with van der Waals surface area (Å²) in [5, 5.41) is 3.02. The van der Waals surface area contributed by atoms with Gasteiger partial charge in [-0.05, 0) is 87.5 Å². The van der Waals surface area contributed by atoms with E-state index in [4.69, 9.17) is 9.47 Å². The molecule has 5 nitrogen and oxygen atoms in total. The number of carbonyl (C=O) groups is 2. The summed E-state index contributed by atoms with van der Waals surface area (Å²) in [7, 11) is 0. The molecule has 1 aromatic carbocycles. The summed E-state index contributed by atoms with van der Waals surface area (Å²) in [5.41, 5.74) is 2.72. The Morgan fingerprint density at radius 1 is 1.28 bits per heavy atom. The summed E-state index contributed by atoms with van der Waals surface area (Å²) in [6, 6.07) is 6.54. The van der Waals surface area contributed by atoms with E-state index in [2.05, 4.69) is 37.9 Å². The molecule has 1 saturated heterocycles. The van der Waals surface area contributed by atoms with E-state index < -0.39 is 0 Å². The predicted octanol–water partition coefficient (Wildman–Crippen LogP) is 7.65. The average molecular weight is 538 g/mol. The van der Waals surface area contributed by atoms with Crippen LogP contribution in [-0.4, -0.2) is 30.8 Å². The quantitative estimate of drug-likeness (QED) is 0.246. The third kappa shape index (κ3) is 8.42. The van der Waals surface area contributed by atoms with Gasteiger partial charge in [0.05, 0.1) is 12.5 Å². The van der Waals surface area contributed by atoms with E-state index in [9.17, 15) is 14.0 Å². The van der Waals surface area contributed by atoms with Gasteiger partial charge in [0.25, 0.3) is 0 Å². The zero-order valence-corrected chi connectivity index (χ0v) is 24.0. The molecule has 0 bridgehead atoms. The van der Waals surface area contributed by atoms with Crippen LogP contribution < -0.4 is 5.32 Å². The number of rotatable bonds is 10. The molecule has 1 aliphatic heterocycles. The molecule has 0 spiro atoms. The van der Waals surface area contributed by atoms with Crippen molar-refractivity contribution in [2.75, 3.05) is 6.61 Å². The van der Waals surface area contributed by atoms with Gasteiger partial charge < -0.3 is 14.8 Å². The third-order valence-corrected chi connectivity index (χ3v) is 8.42. The molecule has 6 heteroatoms. The summed E-state index contributed by atoms with van der Waals surface area (Å²) >= 11 is 0. The van der Waals surface area contributed by atoms with Crippen molar-refractivity contribution in [1.29, 1.82) is 0 Å². The van der Waals surface area contributed by atoms with Gasteiger partial charge in [-0.15, -0.1) is 0 Å². The van der Waals surface area contributed by atoms with Crippen molar-refractivity contribution in [3.63, 3.8) is 0 Å². The van der Waals surface area contributed by atoms with E-state index in [0.717, 1.165) is 42.4 Å². The second-order valence-electron chi connectivity index (χ2n) is 11.1. The lowest BCUT2D eigenvalue weighted by Crippen LogP contribution is -2.43. The van der Waals surface area contributed by atoms with Crippen LogP contribution in [0.4, 0.5) is 9.18 Å². The number of ether oxygens (including phenoxy) is 2. The maximum absolute atomic E-state index is 13.7.